The van der Waals surface area contributed by atoms with Gasteiger partial charge in [-0.1, -0.05) is 0 Å². The lowest BCUT2D eigenvalue weighted by Gasteiger charge is -2.42. The molecule has 0 spiro atoms. The van der Waals surface area contributed by atoms with Gasteiger partial charge in [-0.2, -0.15) is 0 Å². The molecule has 1 aliphatic heterocycles. The van der Waals surface area contributed by atoms with Gasteiger partial charge < -0.3 is 15.2 Å². The number of nitrogen functional groups attached to an aromatic ring is 1. The first-order valence-electron chi connectivity index (χ1n) is 6.28. The molecule has 1 aliphatic rings. The lowest BCUT2D eigenvalue weighted by Crippen LogP contribution is -2.52. The summed E-state index contributed by atoms with van der Waals surface area (Å²) < 4.78 is 10.8. The third-order valence-corrected chi connectivity index (χ3v) is 3.53. The first-order chi connectivity index (χ1) is 8.53. The highest BCUT2D eigenvalue weighted by molar-refractivity contribution is 5.50. The third-order valence-electron chi connectivity index (χ3n) is 3.53. The zero-order valence-corrected chi connectivity index (χ0v) is 11.4. The molecule has 0 aliphatic carbocycles. The van der Waals surface area contributed by atoms with Crippen molar-refractivity contribution in [3.05, 3.63) is 23.8 Å². The summed E-state index contributed by atoms with van der Waals surface area (Å²) in [4.78, 5) is 2.40. The second-order valence-corrected chi connectivity index (χ2v) is 5.35. The minimum atomic E-state index is 0.0494. The van der Waals surface area contributed by atoms with Gasteiger partial charge in [-0.15, -0.1) is 0 Å². The quantitative estimate of drug-likeness (QED) is 0.832. The molecule has 1 fully saturated rings. The normalized spacial score (nSPS) is 19.7. The molecule has 0 unspecified atom stereocenters. The van der Waals surface area contributed by atoms with Crippen LogP contribution >= 0.6 is 0 Å². The fraction of sp³-hybridized carbons (Fsp3) is 0.571. The maximum atomic E-state index is 6.04. The van der Waals surface area contributed by atoms with Crippen LogP contribution in [-0.2, 0) is 11.3 Å². The van der Waals surface area contributed by atoms with Gasteiger partial charge in [0.15, 0.2) is 0 Å². The summed E-state index contributed by atoms with van der Waals surface area (Å²) in [5.74, 6) is 0.852. The first kappa shape index (κ1) is 13.2. The average molecular weight is 250 g/mol. The summed E-state index contributed by atoms with van der Waals surface area (Å²) >= 11 is 0. The Morgan fingerprint density at radius 3 is 2.89 bits per heavy atom. The number of hydrogen-bond acceptors (Lipinski definition) is 4. The first-order valence-corrected chi connectivity index (χ1v) is 6.28. The maximum absolute atomic E-state index is 6.04. The van der Waals surface area contributed by atoms with E-state index >= 15 is 0 Å². The van der Waals surface area contributed by atoms with Crippen LogP contribution in [0.5, 0.6) is 5.75 Å². The molecule has 1 aromatic rings. The molecule has 4 nitrogen and oxygen atoms in total. The highest BCUT2D eigenvalue weighted by Gasteiger charge is 2.30. The topological polar surface area (TPSA) is 47.7 Å². The Morgan fingerprint density at radius 1 is 1.44 bits per heavy atom. The second-order valence-electron chi connectivity index (χ2n) is 5.35. The van der Waals surface area contributed by atoms with Crippen LogP contribution in [0.4, 0.5) is 5.69 Å². The van der Waals surface area contributed by atoms with E-state index in [1.54, 1.807) is 7.11 Å². The van der Waals surface area contributed by atoms with Crippen molar-refractivity contribution in [3.63, 3.8) is 0 Å². The zero-order chi connectivity index (χ0) is 13.2. The summed E-state index contributed by atoms with van der Waals surface area (Å²) in [6, 6.07) is 5.81. The summed E-state index contributed by atoms with van der Waals surface area (Å²) in [7, 11) is 1.67. The SMILES string of the molecule is COc1ccc(N)c(CN2CCOCC2(C)C)c1. The summed E-state index contributed by atoms with van der Waals surface area (Å²) in [6.07, 6.45) is 0. The third kappa shape index (κ3) is 2.76. The number of rotatable bonds is 3. The van der Waals surface area contributed by atoms with Crippen LogP contribution in [0.25, 0.3) is 0 Å². The van der Waals surface area contributed by atoms with Gasteiger partial charge in [0.05, 0.1) is 20.3 Å². The van der Waals surface area contributed by atoms with Gasteiger partial charge >= 0.3 is 0 Å². The number of nitrogens with two attached hydrogens (primary N) is 1. The molecular formula is C14H22N2O2. The Hall–Kier alpha value is -1.26. The second kappa shape index (κ2) is 5.16. The van der Waals surface area contributed by atoms with Crippen LogP contribution in [0.1, 0.15) is 19.4 Å². The van der Waals surface area contributed by atoms with E-state index in [9.17, 15) is 0 Å². The summed E-state index contributed by atoms with van der Waals surface area (Å²) in [6.45, 7) is 7.71. The number of anilines is 1. The van der Waals surface area contributed by atoms with Crippen molar-refractivity contribution in [1.82, 2.24) is 4.90 Å². The highest BCUT2D eigenvalue weighted by Crippen LogP contribution is 2.26. The van der Waals surface area contributed by atoms with E-state index in [-0.39, 0.29) is 5.54 Å². The Bertz CT molecular complexity index is 418. The fourth-order valence-electron chi connectivity index (χ4n) is 2.24. The number of morpholine rings is 1. The van der Waals surface area contributed by atoms with Gasteiger partial charge in [0, 0.05) is 24.3 Å². The smallest absolute Gasteiger partial charge is 0.119 e. The predicted molar refractivity (Wildman–Crippen MR) is 72.7 cm³/mol. The maximum Gasteiger partial charge on any atom is 0.119 e. The van der Waals surface area contributed by atoms with Crippen molar-refractivity contribution in [2.75, 3.05) is 32.6 Å². The van der Waals surface area contributed by atoms with E-state index in [0.29, 0.717) is 0 Å². The molecule has 0 radical (unpaired) electrons. The molecule has 18 heavy (non-hydrogen) atoms. The molecule has 0 bridgehead atoms. The van der Waals surface area contributed by atoms with Crippen LogP contribution < -0.4 is 10.5 Å². The molecule has 0 saturated carbocycles. The number of ether oxygens (including phenoxy) is 2. The number of hydrogen-bond donors (Lipinski definition) is 1. The van der Waals surface area contributed by atoms with Crippen LogP contribution in [0.15, 0.2) is 18.2 Å². The Labute approximate surface area is 109 Å². The minimum absolute atomic E-state index is 0.0494. The summed E-state index contributed by atoms with van der Waals surface area (Å²) in [5.41, 5.74) is 8.02. The van der Waals surface area contributed by atoms with Crippen molar-refractivity contribution in [2.45, 2.75) is 25.9 Å². The van der Waals surface area contributed by atoms with Gasteiger partial charge in [0.1, 0.15) is 5.75 Å². The van der Waals surface area contributed by atoms with Crippen LogP contribution in [-0.4, -0.2) is 37.3 Å². The Morgan fingerprint density at radius 2 is 2.22 bits per heavy atom. The number of methoxy groups -OCH3 is 1. The molecule has 100 valence electrons. The van der Waals surface area contributed by atoms with Crippen molar-refractivity contribution in [1.29, 1.82) is 0 Å². The van der Waals surface area contributed by atoms with E-state index < -0.39 is 0 Å². The lowest BCUT2D eigenvalue weighted by molar-refractivity contribution is -0.0552. The van der Waals surface area contributed by atoms with Crippen molar-refractivity contribution in [3.8, 4) is 5.75 Å². The number of nitrogens with zero attached hydrogens (tertiary/aromatic N) is 1. The molecule has 2 N–H and O–H groups in total. The van der Waals surface area contributed by atoms with Crippen molar-refractivity contribution >= 4 is 5.69 Å². The molecule has 0 aromatic heterocycles. The molecule has 1 aromatic carbocycles. The van der Waals surface area contributed by atoms with Gasteiger partial charge in [-0.05, 0) is 37.6 Å². The van der Waals surface area contributed by atoms with Gasteiger partial charge in [0.2, 0.25) is 0 Å². The van der Waals surface area contributed by atoms with Gasteiger partial charge in [-0.3, -0.25) is 4.90 Å². The number of benzene rings is 1. The van der Waals surface area contributed by atoms with Crippen molar-refractivity contribution < 1.29 is 9.47 Å². The van der Waals surface area contributed by atoms with E-state index in [1.807, 2.05) is 18.2 Å². The van der Waals surface area contributed by atoms with Crippen LogP contribution in [0.3, 0.4) is 0 Å². The van der Waals surface area contributed by atoms with Crippen LogP contribution in [0, 0.1) is 0 Å². The van der Waals surface area contributed by atoms with E-state index in [1.165, 1.54) is 0 Å². The molecule has 1 heterocycles. The lowest BCUT2D eigenvalue weighted by atomic mass is 10.0. The van der Waals surface area contributed by atoms with Crippen LogP contribution in [0.2, 0.25) is 0 Å². The highest BCUT2D eigenvalue weighted by atomic mass is 16.5. The fourth-order valence-corrected chi connectivity index (χ4v) is 2.24. The Balaban J connectivity index is 2.17. The predicted octanol–water partition coefficient (Wildman–Crippen LogP) is 1.89. The molecule has 0 atom stereocenters. The molecule has 0 amide bonds. The van der Waals surface area contributed by atoms with Crippen molar-refractivity contribution in [2.24, 2.45) is 0 Å². The Kier molecular flexibility index (Phi) is 3.78. The molecular weight excluding hydrogens is 228 g/mol. The average Bonchev–Trinajstić information content (AvgIpc) is 2.34. The largest absolute Gasteiger partial charge is 0.497 e. The van der Waals surface area contributed by atoms with E-state index in [2.05, 4.69) is 18.7 Å². The minimum Gasteiger partial charge on any atom is -0.497 e. The standard InChI is InChI=1S/C14H22N2O2/c1-14(2)10-18-7-6-16(14)9-11-8-12(17-3)4-5-13(11)15/h4-5,8H,6-7,9-10,15H2,1-3H3. The molecule has 1 saturated heterocycles. The van der Waals surface area contributed by atoms with E-state index in [4.69, 9.17) is 15.2 Å². The van der Waals surface area contributed by atoms with Gasteiger partial charge in [-0.25, -0.2) is 0 Å². The van der Waals surface area contributed by atoms with Gasteiger partial charge in [0.25, 0.3) is 0 Å². The van der Waals surface area contributed by atoms with E-state index in [0.717, 1.165) is 43.3 Å². The summed E-state index contributed by atoms with van der Waals surface area (Å²) in [5, 5.41) is 0. The molecule has 4 heteroatoms. The monoisotopic (exact) mass is 250 g/mol. The molecule has 2 rings (SSSR count). The zero-order valence-electron chi connectivity index (χ0n) is 11.4.